The molecule has 4 rings (SSSR count). The number of carbonyl (C=O) groups is 3. The molecule has 8 heteroatoms. The fraction of sp³-hybridized carbons (Fsp3) is 0.609. The Labute approximate surface area is 183 Å². The Balaban J connectivity index is 1.45. The molecule has 0 aromatic heterocycles. The highest BCUT2D eigenvalue weighted by molar-refractivity contribution is 6.07. The minimum Gasteiger partial charge on any atom is -0.497 e. The number of rotatable bonds is 4. The van der Waals surface area contributed by atoms with E-state index in [4.69, 9.17) is 4.74 Å². The van der Waals surface area contributed by atoms with Gasteiger partial charge in [0, 0.05) is 37.8 Å². The average Bonchev–Trinajstić information content (AvgIpc) is 3.02. The number of urea groups is 1. The summed E-state index contributed by atoms with van der Waals surface area (Å²) in [4.78, 5) is 44.7. The summed E-state index contributed by atoms with van der Waals surface area (Å²) in [6.07, 6.45) is 2.75. The number of amides is 4. The number of likely N-dealkylation sites (tertiary alicyclic amines) is 2. The van der Waals surface area contributed by atoms with Crippen molar-refractivity contribution in [1.29, 1.82) is 0 Å². The highest BCUT2D eigenvalue weighted by Gasteiger charge is 2.54. The van der Waals surface area contributed by atoms with Crippen LogP contribution in [0.3, 0.4) is 0 Å². The van der Waals surface area contributed by atoms with Gasteiger partial charge in [0.05, 0.1) is 13.2 Å². The SMILES string of the molecule is COc1ccc(C(=O)N2CCC[C@@H](N3C(=O)NC4(CCN(C(C)C)CC4)C3=O)C2)cc1. The van der Waals surface area contributed by atoms with Crippen molar-refractivity contribution in [2.24, 2.45) is 0 Å². The molecule has 3 aliphatic rings. The van der Waals surface area contributed by atoms with Gasteiger partial charge in [-0.05, 0) is 63.8 Å². The molecule has 0 saturated carbocycles. The molecule has 3 fully saturated rings. The third-order valence-electron chi connectivity index (χ3n) is 6.96. The van der Waals surface area contributed by atoms with Crippen molar-refractivity contribution >= 4 is 17.8 Å². The summed E-state index contributed by atoms with van der Waals surface area (Å²) in [5.74, 6) is 0.491. The van der Waals surface area contributed by atoms with E-state index >= 15 is 0 Å². The molecule has 1 spiro atoms. The van der Waals surface area contributed by atoms with Crippen molar-refractivity contribution < 1.29 is 19.1 Å². The second-order valence-corrected chi connectivity index (χ2v) is 9.09. The fourth-order valence-electron chi connectivity index (χ4n) is 5.00. The van der Waals surface area contributed by atoms with Gasteiger partial charge in [0.2, 0.25) is 0 Å². The van der Waals surface area contributed by atoms with Crippen molar-refractivity contribution in [2.75, 3.05) is 33.3 Å². The van der Waals surface area contributed by atoms with Crippen LogP contribution in [-0.2, 0) is 4.79 Å². The molecule has 1 aromatic rings. The van der Waals surface area contributed by atoms with E-state index in [0.717, 1.165) is 25.9 Å². The topological polar surface area (TPSA) is 82.2 Å². The normalized spacial score (nSPS) is 24.1. The van der Waals surface area contributed by atoms with E-state index in [1.165, 1.54) is 4.90 Å². The van der Waals surface area contributed by atoms with Gasteiger partial charge in [-0.3, -0.25) is 14.5 Å². The van der Waals surface area contributed by atoms with E-state index in [1.807, 2.05) is 0 Å². The predicted octanol–water partition coefficient (Wildman–Crippen LogP) is 2.09. The Hall–Kier alpha value is -2.61. The first-order valence-corrected chi connectivity index (χ1v) is 11.2. The number of piperidine rings is 2. The van der Waals surface area contributed by atoms with Crippen molar-refractivity contribution in [3.8, 4) is 5.75 Å². The summed E-state index contributed by atoms with van der Waals surface area (Å²) in [5, 5.41) is 3.01. The van der Waals surface area contributed by atoms with Crippen LogP contribution in [0.15, 0.2) is 24.3 Å². The number of methoxy groups -OCH3 is 1. The van der Waals surface area contributed by atoms with Gasteiger partial charge in [-0.25, -0.2) is 4.79 Å². The van der Waals surface area contributed by atoms with Gasteiger partial charge in [-0.15, -0.1) is 0 Å². The largest absolute Gasteiger partial charge is 0.497 e. The first-order valence-electron chi connectivity index (χ1n) is 11.2. The Morgan fingerprint density at radius 1 is 1.13 bits per heavy atom. The monoisotopic (exact) mass is 428 g/mol. The van der Waals surface area contributed by atoms with E-state index in [2.05, 4.69) is 24.1 Å². The van der Waals surface area contributed by atoms with E-state index in [0.29, 0.717) is 43.3 Å². The molecule has 168 valence electrons. The van der Waals surface area contributed by atoms with Crippen LogP contribution < -0.4 is 10.1 Å². The van der Waals surface area contributed by atoms with Crippen LogP contribution in [0.25, 0.3) is 0 Å². The molecule has 3 saturated heterocycles. The quantitative estimate of drug-likeness (QED) is 0.743. The highest BCUT2D eigenvalue weighted by atomic mass is 16.5. The number of ether oxygens (including phenoxy) is 1. The van der Waals surface area contributed by atoms with Gasteiger partial charge in [-0.1, -0.05) is 0 Å². The van der Waals surface area contributed by atoms with Gasteiger partial charge >= 0.3 is 6.03 Å². The summed E-state index contributed by atoms with van der Waals surface area (Å²) in [5.41, 5.74) is -0.207. The minimum atomic E-state index is -0.787. The molecule has 0 unspecified atom stereocenters. The predicted molar refractivity (Wildman–Crippen MR) is 116 cm³/mol. The van der Waals surface area contributed by atoms with Crippen LogP contribution >= 0.6 is 0 Å². The standard InChI is InChI=1S/C23H32N4O4/c1-16(2)25-13-10-23(11-14-25)21(29)27(22(30)24-23)18-5-4-12-26(15-18)20(28)17-6-8-19(31-3)9-7-17/h6-9,16,18H,4-5,10-15H2,1-3H3,(H,24,30)/t18-/m1/s1. The van der Waals surface area contributed by atoms with Crippen LogP contribution in [0.5, 0.6) is 5.75 Å². The van der Waals surface area contributed by atoms with Crippen LogP contribution in [0, 0.1) is 0 Å². The molecule has 3 heterocycles. The second-order valence-electron chi connectivity index (χ2n) is 9.09. The lowest BCUT2D eigenvalue weighted by Gasteiger charge is -2.40. The van der Waals surface area contributed by atoms with E-state index in [9.17, 15) is 14.4 Å². The Kier molecular flexibility index (Phi) is 5.92. The molecule has 1 N–H and O–H groups in total. The van der Waals surface area contributed by atoms with Crippen LogP contribution in [0.1, 0.15) is 49.9 Å². The van der Waals surface area contributed by atoms with Crippen molar-refractivity contribution in [3.05, 3.63) is 29.8 Å². The Morgan fingerprint density at radius 3 is 2.42 bits per heavy atom. The number of hydrogen-bond acceptors (Lipinski definition) is 5. The Morgan fingerprint density at radius 2 is 1.81 bits per heavy atom. The van der Waals surface area contributed by atoms with Crippen LogP contribution in [0.2, 0.25) is 0 Å². The summed E-state index contributed by atoms with van der Waals surface area (Å²) in [6.45, 7) is 6.89. The first-order chi connectivity index (χ1) is 14.8. The van der Waals surface area contributed by atoms with Crippen LogP contribution in [0.4, 0.5) is 4.79 Å². The Bertz CT molecular complexity index is 846. The maximum atomic E-state index is 13.4. The average molecular weight is 429 g/mol. The van der Waals surface area contributed by atoms with E-state index in [1.54, 1.807) is 36.3 Å². The summed E-state index contributed by atoms with van der Waals surface area (Å²) in [7, 11) is 1.59. The van der Waals surface area contributed by atoms with Crippen molar-refractivity contribution in [2.45, 2.75) is 57.2 Å². The van der Waals surface area contributed by atoms with Crippen molar-refractivity contribution in [1.82, 2.24) is 20.0 Å². The third kappa shape index (κ3) is 4.01. The van der Waals surface area contributed by atoms with Gasteiger partial charge in [-0.2, -0.15) is 0 Å². The summed E-state index contributed by atoms with van der Waals surface area (Å²) >= 11 is 0. The van der Waals surface area contributed by atoms with Gasteiger partial charge in [0.25, 0.3) is 11.8 Å². The molecular formula is C23H32N4O4. The number of carbonyl (C=O) groups excluding carboxylic acids is 3. The zero-order chi connectivity index (χ0) is 22.2. The molecular weight excluding hydrogens is 396 g/mol. The fourth-order valence-corrected chi connectivity index (χ4v) is 5.00. The van der Waals surface area contributed by atoms with Crippen LogP contribution in [-0.4, -0.2) is 83.5 Å². The molecule has 0 aliphatic carbocycles. The lowest BCUT2D eigenvalue weighted by Crippen LogP contribution is -2.57. The molecule has 1 atom stereocenters. The minimum absolute atomic E-state index is 0.0839. The molecule has 0 radical (unpaired) electrons. The second kappa shape index (κ2) is 8.49. The van der Waals surface area contributed by atoms with E-state index < -0.39 is 5.54 Å². The molecule has 1 aromatic carbocycles. The number of nitrogens with zero attached hydrogens (tertiary/aromatic N) is 3. The molecule has 3 aliphatic heterocycles. The smallest absolute Gasteiger partial charge is 0.325 e. The molecule has 4 amide bonds. The van der Waals surface area contributed by atoms with Gasteiger partial charge in [0.1, 0.15) is 11.3 Å². The van der Waals surface area contributed by atoms with E-state index in [-0.39, 0.29) is 23.9 Å². The van der Waals surface area contributed by atoms with Gasteiger partial charge < -0.3 is 19.9 Å². The zero-order valence-electron chi connectivity index (χ0n) is 18.6. The first kappa shape index (κ1) is 21.6. The summed E-state index contributed by atoms with van der Waals surface area (Å²) in [6, 6.07) is 6.85. The molecule has 31 heavy (non-hydrogen) atoms. The maximum absolute atomic E-state index is 13.4. The number of imide groups is 1. The lowest BCUT2D eigenvalue weighted by atomic mass is 9.86. The summed E-state index contributed by atoms with van der Waals surface area (Å²) < 4.78 is 5.16. The number of nitrogens with one attached hydrogen (secondary N) is 1. The highest BCUT2D eigenvalue weighted by Crippen LogP contribution is 2.33. The maximum Gasteiger partial charge on any atom is 0.325 e. The van der Waals surface area contributed by atoms with Crippen molar-refractivity contribution in [3.63, 3.8) is 0 Å². The van der Waals surface area contributed by atoms with Gasteiger partial charge in [0.15, 0.2) is 0 Å². The zero-order valence-corrected chi connectivity index (χ0v) is 18.6. The number of benzene rings is 1. The molecule has 8 nitrogen and oxygen atoms in total. The number of hydrogen-bond donors (Lipinski definition) is 1. The molecule has 0 bridgehead atoms. The third-order valence-corrected chi connectivity index (χ3v) is 6.96. The lowest BCUT2D eigenvalue weighted by molar-refractivity contribution is -0.135.